The fraction of sp³-hybridized carbons (Fsp3) is 0.500. The van der Waals surface area contributed by atoms with Crippen molar-refractivity contribution in [2.75, 3.05) is 6.16 Å². The summed E-state index contributed by atoms with van der Waals surface area (Å²) in [5.41, 5.74) is 13.7. The van der Waals surface area contributed by atoms with Crippen molar-refractivity contribution in [2.45, 2.75) is 30.8 Å². The second-order valence-corrected chi connectivity index (χ2v) is 6.64. The predicted octanol–water partition coefficient (Wildman–Crippen LogP) is 2.16. The van der Waals surface area contributed by atoms with Crippen LogP contribution in [0.15, 0.2) is 24.3 Å². The summed E-state index contributed by atoms with van der Waals surface area (Å²) in [6.07, 6.45) is 0.570. The first-order valence-electron chi connectivity index (χ1n) is 5.69. The van der Waals surface area contributed by atoms with Gasteiger partial charge in [-0.1, -0.05) is 24.3 Å². The minimum absolute atomic E-state index is 0.00781. The highest BCUT2D eigenvalue weighted by atomic mass is 31.2. The second kappa shape index (κ2) is 4.62. The first kappa shape index (κ1) is 12.9. The molecule has 0 bridgehead atoms. The lowest BCUT2D eigenvalue weighted by Crippen LogP contribution is -2.20. The fourth-order valence-corrected chi connectivity index (χ4v) is 2.93. The maximum atomic E-state index is 12.9. The Balaban J connectivity index is 2.02. The molecular formula is C12H18FN2OP. The first-order chi connectivity index (χ1) is 7.92. The lowest BCUT2D eigenvalue weighted by Gasteiger charge is -2.16. The molecule has 3 nitrogen and oxygen atoms in total. The molecule has 1 aromatic rings. The standard InChI is InChI=1S/C12H18FN2OP/c1-8(14)9-2-4-10(5-3-9)11(15)6-12(16)7-17(12)13/h2-5,8,11,16H,6-7,14-15H2,1H3. The Morgan fingerprint density at radius 1 is 1.35 bits per heavy atom. The van der Waals surface area contributed by atoms with Crippen molar-refractivity contribution in [3.05, 3.63) is 35.4 Å². The molecule has 4 unspecified atom stereocenters. The minimum Gasteiger partial charge on any atom is -0.382 e. The van der Waals surface area contributed by atoms with Crippen molar-refractivity contribution in [2.24, 2.45) is 11.5 Å². The van der Waals surface area contributed by atoms with E-state index < -0.39 is 13.6 Å². The van der Waals surface area contributed by atoms with Crippen LogP contribution in [0.3, 0.4) is 0 Å². The summed E-state index contributed by atoms with van der Waals surface area (Å²) in [4.78, 5) is 0. The smallest absolute Gasteiger partial charge is 0.122 e. The minimum atomic E-state index is -1.70. The van der Waals surface area contributed by atoms with Crippen LogP contribution in [0.25, 0.3) is 0 Å². The molecule has 0 radical (unpaired) electrons. The zero-order chi connectivity index (χ0) is 12.6. The third kappa shape index (κ3) is 2.83. The number of aliphatic hydroxyl groups is 1. The largest absolute Gasteiger partial charge is 0.382 e. The average Bonchev–Trinajstić information content (AvgIpc) is 2.86. The van der Waals surface area contributed by atoms with Gasteiger partial charge in [0.2, 0.25) is 0 Å². The zero-order valence-corrected chi connectivity index (χ0v) is 10.7. The molecule has 0 aliphatic carbocycles. The third-order valence-corrected chi connectivity index (χ3v) is 4.84. The fourth-order valence-electron chi connectivity index (χ4n) is 1.87. The van der Waals surface area contributed by atoms with Gasteiger partial charge in [-0.25, -0.2) is 4.20 Å². The van der Waals surface area contributed by atoms with E-state index in [9.17, 15) is 9.30 Å². The van der Waals surface area contributed by atoms with Crippen LogP contribution in [0.4, 0.5) is 4.20 Å². The number of halogens is 1. The molecule has 2 rings (SSSR count). The van der Waals surface area contributed by atoms with Crippen molar-refractivity contribution in [3.8, 4) is 0 Å². The summed E-state index contributed by atoms with van der Waals surface area (Å²) in [6.45, 7) is 1.91. The summed E-state index contributed by atoms with van der Waals surface area (Å²) in [7, 11) is -1.70. The van der Waals surface area contributed by atoms with Gasteiger partial charge in [-0.15, -0.1) is 0 Å². The molecule has 5 heteroatoms. The normalized spacial score (nSPS) is 31.0. The molecule has 0 aromatic heterocycles. The SMILES string of the molecule is CC(N)c1ccc(C(N)CC2(O)CP2F)cc1. The molecule has 1 saturated heterocycles. The number of rotatable bonds is 4. The van der Waals surface area contributed by atoms with Gasteiger partial charge in [-0.3, -0.25) is 0 Å². The van der Waals surface area contributed by atoms with Gasteiger partial charge in [0.05, 0.1) is 0 Å². The lowest BCUT2D eigenvalue weighted by molar-refractivity contribution is 0.167. The summed E-state index contributed by atoms with van der Waals surface area (Å²) in [6, 6.07) is 7.33. The molecule has 4 atom stereocenters. The maximum Gasteiger partial charge on any atom is 0.122 e. The molecule has 0 spiro atoms. The molecule has 17 heavy (non-hydrogen) atoms. The molecule has 5 N–H and O–H groups in total. The van der Waals surface area contributed by atoms with E-state index in [1.807, 2.05) is 31.2 Å². The van der Waals surface area contributed by atoms with E-state index in [0.717, 1.165) is 11.1 Å². The van der Waals surface area contributed by atoms with Crippen LogP contribution < -0.4 is 11.5 Å². The number of hydrogen-bond acceptors (Lipinski definition) is 3. The highest BCUT2D eigenvalue weighted by Gasteiger charge is 2.55. The quantitative estimate of drug-likeness (QED) is 0.723. The summed E-state index contributed by atoms with van der Waals surface area (Å²) in [5, 5.41) is 8.60. The number of hydrogen-bond donors (Lipinski definition) is 3. The maximum absolute atomic E-state index is 12.9. The summed E-state index contributed by atoms with van der Waals surface area (Å²) >= 11 is 0. The summed E-state index contributed by atoms with van der Waals surface area (Å²) in [5.74, 6) is 0. The zero-order valence-electron chi connectivity index (χ0n) is 9.81. The van der Waals surface area contributed by atoms with Crippen molar-refractivity contribution >= 4 is 8.23 Å². The van der Waals surface area contributed by atoms with Gasteiger partial charge in [0.1, 0.15) is 13.6 Å². The Morgan fingerprint density at radius 2 is 1.82 bits per heavy atom. The highest BCUT2D eigenvalue weighted by molar-refractivity contribution is 7.62. The molecule has 0 amide bonds. The van der Waals surface area contributed by atoms with E-state index in [1.54, 1.807) is 0 Å². The van der Waals surface area contributed by atoms with Gasteiger partial charge >= 0.3 is 0 Å². The lowest BCUT2D eigenvalue weighted by atomic mass is 9.99. The Hall–Kier alpha value is -0.540. The van der Waals surface area contributed by atoms with Crippen molar-refractivity contribution < 1.29 is 9.30 Å². The van der Waals surface area contributed by atoms with E-state index in [-0.39, 0.29) is 18.2 Å². The predicted molar refractivity (Wildman–Crippen MR) is 68.4 cm³/mol. The van der Waals surface area contributed by atoms with E-state index in [4.69, 9.17) is 11.5 Å². The molecule has 94 valence electrons. The third-order valence-electron chi connectivity index (χ3n) is 3.18. The van der Waals surface area contributed by atoms with Crippen LogP contribution in [0.2, 0.25) is 0 Å². The number of benzene rings is 1. The van der Waals surface area contributed by atoms with Crippen LogP contribution in [0.5, 0.6) is 0 Å². The van der Waals surface area contributed by atoms with Crippen molar-refractivity contribution in [1.29, 1.82) is 0 Å². The van der Waals surface area contributed by atoms with Crippen LogP contribution >= 0.6 is 8.23 Å². The molecule has 1 heterocycles. The molecule has 1 fully saturated rings. The van der Waals surface area contributed by atoms with E-state index in [2.05, 4.69) is 0 Å². The van der Waals surface area contributed by atoms with Crippen LogP contribution in [-0.4, -0.2) is 16.6 Å². The van der Waals surface area contributed by atoms with Crippen LogP contribution in [-0.2, 0) is 0 Å². The second-order valence-electron chi connectivity index (χ2n) is 4.77. The van der Waals surface area contributed by atoms with E-state index >= 15 is 0 Å². The Morgan fingerprint density at radius 3 is 2.24 bits per heavy atom. The molecule has 1 aliphatic heterocycles. The first-order valence-corrected chi connectivity index (χ1v) is 7.11. The van der Waals surface area contributed by atoms with Gasteiger partial charge in [0, 0.05) is 24.7 Å². The topological polar surface area (TPSA) is 72.3 Å². The van der Waals surface area contributed by atoms with Gasteiger partial charge in [-0.2, -0.15) is 0 Å². The number of nitrogens with two attached hydrogens (primary N) is 2. The van der Waals surface area contributed by atoms with Gasteiger partial charge in [-0.05, 0) is 18.1 Å². The van der Waals surface area contributed by atoms with Gasteiger partial charge in [0.15, 0.2) is 0 Å². The van der Waals surface area contributed by atoms with Crippen LogP contribution in [0, 0.1) is 0 Å². The molecule has 0 saturated carbocycles. The Labute approximate surface area is 102 Å². The Bertz CT molecular complexity index is 398. The molecule has 1 aromatic carbocycles. The highest BCUT2D eigenvalue weighted by Crippen LogP contribution is 2.70. The van der Waals surface area contributed by atoms with E-state index in [0.29, 0.717) is 6.42 Å². The Kier molecular flexibility index (Phi) is 3.50. The monoisotopic (exact) mass is 256 g/mol. The molecular weight excluding hydrogens is 238 g/mol. The van der Waals surface area contributed by atoms with Crippen LogP contribution in [0.1, 0.15) is 36.6 Å². The van der Waals surface area contributed by atoms with Crippen molar-refractivity contribution in [1.82, 2.24) is 0 Å². The average molecular weight is 256 g/mol. The molecule has 1 aliphatic rings. The van der Waals surface area contributed by atoms with Gasteiger partial charge in [0.25, 0.3) is 0 Å². The summed E-state index contributed by atoms with van der Waals surface area (Å²) < 4.78 is 12.9. The van der Waals surface area contributed by atoms with Crippen molar-refractivity contribution in [3.63, 3.8) is 0 Å². The van der Waals surface area contributed by atoms with E-state index in [1.165, 1.54) is 0 Å². The van der Waals surface area contributed by atoms with Gasteiger partial charge < -0.3 is 16.6 Å².